The molecule has 0 aromatic carbocycles. The Bertz CT molecular complexity index is 211. The van der Waals surface area contributed by atoms with Gasteiger partial charge in [0.15, 0.2) is 0 Å². The van der Waals surface area contributed by atoms with Crippen molar-refractivity contribution in [2.24, 2.45) is 11.3 Å². The van der Waals surface area contributed by atoms with Crippen LogP contribution >= 0.6 is 0 Å². The fraction of sp³-hybridized carbons (Fsp3) is 0.700. The van der Waals surface area contributed by atoms with Crippen LogP contribution in [0.25, 0.3) is 0 Å². The molecule has 0 heterocycles. The maximum atomic E-state index is 10.8. The average molecular weight is 185 g/mol. The van der Waals surface area contributed by atoms with Crippen LogP contribution < -0.4 is 5.48 Å². The summed E-state index contributed by atoms with van der Waals surface area (Å²) in [7, 11) is 0. The van der Waals surface area contributed by atoms with E-state index in [2.05, 4.69) is 5.48 Å². The molecule has 0 atom stereocenters. The maximum Gasteiger partial charge on any atom is 0.148 e. The summed E-state index contributed by atoms with van der Waals surface area (Å²) in [6, 6.07) is 0. The molecule has 0 radical (unpaired) electrons. The van der Waals surface area contributed by atoms with E-state index >= 15 is 0 Å². The van der Waals surface area contributed by atoms with Gasteiger partial charge in [0.2, 0.25) is 0 Å². The quantitative estimate of drug-likeness (QED) is 0.402. The summed E-state index contributed by atoms with van der Waals surface area (Å²) in [6.07, 6.45) is 0.804. The van der Waals surface area contributed by atoms with Crippen molar-refractivity contribution < 1.29 is 10.0 Å². The van der Waals surface area contributed by atoms with E-state index in [1.807, 2.05) is 34.6 Å². The van der Waals surface area contributed by atoms with Crippen molar-refractivity contribution in [2.45, 2.75) is 34.6 Å². The lowest BCUT2D eigenvalue weighted by atomic mass is 9.84. The zero-order chi connectivity index (χ0) is 10.6. The largest absolute Gasteiger partial charge is 0.298 e. The van der Waals surface area contributed by atoms with Crippen molar-refractivity contribution in [1.29, 1.82) is 0 Å². The summed E-state index contributed by atoms with van der Waals surface area (Å²) in [4.78, 5) is 10.8. The first-order chi connectivity index (χ1) is 5.84. The molecule has 0 bridgehead atoms. The minimum atomic E-state index is -0.239. The van der Waals surface area contributed by atoms with Gasteiger partial charge in [0.25, 0.3) is 0 Å². The highest BCUT2D eigenvalue weighted by Gasteiger charge is 2.22. The lowest BCUT2D eigenvalue weighted by Crippen LogP contribution is -2.23. The van der Waals surface area contributed by atoms with Crippen molar-refractivity contribution in [1.82, 2.24) is 5.48 Å². The lowest BCUT2D eigenvalue weighted by molar-refractivity contribution is -0.105. The van der Waals surface area contributed by atoms with Gasteiger partial charge in [-0.3, -0.25) is 15.5 Å². The van der Waals surface area contributed by atoms with E-state index in [1.165, 1.54) is 0 Å². The van der Waals surface area contributed by atoms with Gasteiger partial charge in [-0.15, -0.1) is 0 Å². The van der Waals surface area contributed by atoms with E-state index in [0.717, 1.165) is 6.29 Å². The highest BCUT2D eigenvalue weighted by atomic mass is 16.5. The molecule has 0 saturated carbocycles. The molecule has 76 valence electrons. The first kappa shape index (κ1) is 12.2. The fourth-order valence-electron chi connectivity index (χ4n) is 1.14. The van der Waals surface area contributed by atoms with Crippen molar-refractivity contribution >= 4 is 6.29 Å². The number of hydrogen-bond acceptors (Lipinski definition) is 3. The summed E-state index contributed by atoms with van der Waals surface area (Å²) in [6.45, 7) is 9.67. The summed E-state index contributed by atoms with van der Waals surface area (Å²) in [5.41, 5.74) is 3.08. The second kappa shape index (κ2) is 4.42. The fourth-order valence-corrected chi connectivity index (χ4v) is 1.14. The molecule has 0 unspecified atom stereocenters. The Balaban J connectivity index is 5.19. The van der Waals surface area contributed by atoms with Crippen LogP contribution in [0.15, 0.2) is 11.3 Å². The van der Waals surface area contributed by atoms with Crippen molar-refractivity contribution in [2.75, 3.05) is 0 Å². The Morgan fingerprint density at radius 2 is 1.85 bits per heavy atom. The Kier molecular flexibility index (Phi) is 4.14. The van der Waals surface area contributed by atoms with E-state index in [9.17, 15) is 4.79 Å². The number of hydroxylamine groups is 1. The number of nitrogens with one attached hydrogen (secondary N) is 1. The Morgan fingerprint density at radius 3 is 1.92 bits per heavy atom. The highest BCUT2D eigenvalue weighted by Crippen LogP contribution is 2.27. The number of aldehydes is 1. The van der Waals surface area contributed by atoms with Crippen LogP contribution in [0.3, 0.4) is 0 Å². The third-order valence-electron chi connectivity index (χ3n) is 1.91. The Morgan fingerprint density at radius 1 is 1.38 bits per heavy atom. The standard InChI is InChI=1S/C10H19NO2/c1-7(2)9(11-13)8(6-12)10(3,4)5/h6-7,11,13H,1-5H3. The van der Waals surface area contributed by atoms with Crippen molar-refractivity contribution in [3.8, 4) is 0 Å². The van der Waals surface area contributed by atoms with Crippen molar-refractivity contribution in [3.05, 3.63) is 11.3 Å². The van der Waals surface area contributed by atoms with Gasteiger partial charge in [-0.05, 0) is 11.3 Å². The second-order valence-electron chi connectivity index (χ2n) is 4.46. The molecule has 0 saturated heterocycles. The monoisotopic (exact) mass is 185 g/mol. The van der Waals surface area contributed by atoms with Gasteiger partial charge in [-0.2, -0.15) is 0 Å². The molecular formula is C10H19NO2. The molecule has 0 amide bonds. The number of rotatable bonds is 3. The van der Waals surface area contributed by atoms with Crippen LogP contribution in [0.5, 0.6) is 0 Å². The molecule has 2 N–H and O–H groups in total. The molecule has 3 nitrogen and oxygen atoms in total. The molecule has 0 spiro atoms. The van der Waals surface area contributed by atoms with Gasteiger partial charge >= 0.3 is 0 Å². The summed E-state index contributed by atoms with van der Waals surface area (Å²) in [5, 5.41) is 8.89. The Labute approximate surface area is 79.8 Å². The van der Waals surface area contributed by atoms with E-state index in [1.54, 1.807) is 0 Å². The first-order valence-corrected chi connectivity index (χ1v) is 4.44. The van der Waals surface area contributed by atoms with Crippen molar-refractivity contribution in [3.63, 3.8) is 0 Å². The van der Waals surface area contributed by atoms with E-state index < -0.39 is 0 Å². The SMILES string of the molecule is CC(C)C(NO)=C(C=O)C(C)(C)C. The first-order valence-electron chi connectivity index (χ1n) is 4.44. The molecule has 0 rings (SSSR count). The summed E-state index contributed by atoms with van der Waals surface area (Å²) >= 11 is 0. The van der Waals surface area contributed by atoms with Crippen LogP contribution in [0.2, 0.25) is 0 Å². The molecule has 0 fully saturated rings. The van der Waals surface area contributed by atoms with E-state index in [4.69, 9.17) is 5.21 Å². The van der Waals surface area contributed by atoms with Gasteiger partial charge in [0.1, 0.15) is 6.29 Å². The smallest absolute Gasteiger partial charge is 0.148 e. The zero-order valence-electron chi connectivity index (χ0n) is 9.01. The zero-order valence-corrected chi connectivity index (χ0v) is 9.01. The van der Waals surface area contributed by atoms with Gasteiger partial charge in [-0.1, -0.05) is 34.6 Å². The van der Waals surface area contributed by atoms with Crippen LogP contribution in [0, 0.1) is 11.3 Å². The molecular weight excluding hydrogens is 166 g/mol. The van der Waals surface area contributed by atoms with Gasteiger partial charge in [-0.25, -0.2) is 0 Å². The summed E-state index contributed by atoms with van der Waals surface area (Å²) in [5.74, 6) is 0.115. The minimum Gasteiger partial charge on any atom is -0.298 e. The van der Waals surface area contributed by atoms with E-state index in [-0.39, 0.29) is 11.3 Å². The molecule has 0 aliphatic heterocycles. The number of carbonyl (C=O) groups is 1. The third-order valence-corrected chi connectivity index (χ3v) is 1.91. The number of allylic oxidation sites excluding steroid dienone is 2. The minimum absolute atomic E-state index is 0.115. The molecule has 0 aromatic heterocycles. The third kappa shape index (κ3) is 3.19. The normalized spacial score (nSPS) is 14.1. The summed E-state index contributed by atoms with van der Waals surface area (Å²) < 4.78 is 0. The molecule has 0 aromatic rings. The lowest BCUT2D eigenvalue weighted by Gasteiger charge is -2.23. The number of carbonyl (C=O) groups excluding carboxylic acids is 1. The van der Waals surface area contributed by atoms with Gasteiger partial charge in [0.05, 0.1) is 0 Å². The molecule has 3 heteroatoms. The van der Waals surface area contributed by atoms with Gasteiger partial charge in [0, 0.05) is 11.3 Å². The maximum absolute atomic E-state index is 10.8. The van der Waals surface area contributed by atoms with Crippen LogP contribution in [-0.4, -0.2) is 11.5 Å². The topological polar surface area (TPSA) is 49.3 Å². The highest BCUT2D eigenvalue weighted by molar-refractivity contribution is 5.76. The van der Waals surface area contributed by atoms with E-state index in [0.29, 0.717) is 11.3 Å². The molecule has 13 heavy (non-hydrogen) atoms. The predicted octanol–water partition coefficient (Wildman–Crippen LogP) is 2.12. The van der Waals surface area contributed by atoms with Crippen LogP contribution in [0.4, 0.5) is 0 Å². The van der Waals surface area contributed by atoms with Crippen LogP contribution in [-0.2, 0) is 4.79 Å². The van der Waals surface area contributed by atoms with Crippen LogP contribution in [0.1, 0.15) is 34.6 Å². The van der Waals surface area contributed by atoms with Gasteiger partial charge < -0.3 is 0 Å². The molecule has 0 aliphatic rings. The predicted molar refractivity (Wildman–Crippen MR) is 52.3 cm³/mol. The Hall–Kier alpha value is -0.830. The second-order valence-corrected chi connectivity index (χ2v) is 4.46. The molecule has 0 aliphatic carbocycles. The average Bonchev–Trinajstić information content (AvgIpc) is 1.96. The number of hydrogen-bond donors (Lipinski definition) is 2.